The Labute approximate surface area is 183 Å². The quantitative estimate of drug-likeness (QED) is 0.621. The van der Waals surface area contributed by atoms with Crippen LogP contribution in [0.2, 0.25) is 0 Å². The molecular weight excluding hydrogens is 429 g/mol. The summed E-state index contributed by atoms with van der Waals surface area (Å²) in [5.74, 6) is -0.0973. The fourth-order valence-corrected chi connectivity index (χ4v) is 3.38. The van der Waals surface area contributed by atoms with E-state index in [-0.39, 0.29) is 17.3 Å². The third-order valence-corrected chi connectivity index (χ3v) is 4.95. The fraction of sp³-hybridized carbons (Fsp3) is 0.476. The van der Waals surface area contributed by atoms with Crippen LogP contribution in [-0.2, 0) is 4.74 Å². The van der Waals surface area contributed by atoms with Crippen molar-refractivity contribution < 1.29 is 32.2 Å². The van der Waals surface area contributed by atoms with Gasteiger partial charge in [-0.05, 0) is 37.0 Å². The fourth-order valence-electron chi connectivity index (χ4n) is 3.38. The van der Waals surface area contributed by atoms with Gasteiger partial charge in [0.05, 0.1) is 13.2 Å². The van der Waals surface area contributed by atoms with Crippen molar-refractivity contribution in [3.63, 3.8) is 0 Å². The first-order valence-electron chi connectivity index (χ1n) is 10.1. The molecule has 2 aromatic rings. The van der Waals surface area contributed by atoms with Crippen LogP contribution >= 0.6 is 0 Å². The molecular formula is C21H25F3N4O4. The SMILES string of the molecule is COCCC(NC(=O)c1cc(OC)nc(N2CCCC2)n1)c1ccc(OC(F)(F)F)cc1. The molecule has 0 aliphatic carbocycles. The van der Waals surface area contributed by atoms with Crippen LogP contribution in [0.3, 0.4) is 0 Å². The van der Waals surface area contributed by atoms with Gasteiger partial charge in [0.15, 0.2) is 0 Å². The molecule has 0 saturated carbocycles. The molecule has 1 aliphatic heterocycles. The lowest BCUT2D eigenvalue weighted by atomic mass is 10.0. The zero-order chi connectivity index (χ0) is 23.1. The van der Waals surface area contributed by atoms with Gasteiger partial charge in [-0.3, -0.25) is 4.79 Å². The minimum atomic E-state index is -4.77. The number of nitrogens with zero attached hydrogens (tertiary/aromatic N) is 3. The van der Waals surface area contributed by atoms with Crippen LogP contribution in [0.1, 0.15) is 41.4 Å². The van der Waals surface area contributed by atoms with Gasteiger partial charge in [-0.25, -0.2) is 4.98 Å². The molecule has 11 heteroatoms. The summed E-state index contributed by atoms with van der Waals surface area (Å²) in [6.45, 7) is 1.94. The smallest absolute Gasteiger partial charge is 0.481 e. The molecule has 2 heterocycles. The second kappa shape index (κ2) is 10.5. The number of aromatic nitrogens is 2. The van der Waals surface area contributed by atoms with E-state index in [0.717, 1.165) is 25.9 Å². The molecule has 3 rings (SSSR count). The van der Waals surface area contributed by atoms with Gasteiger partial charge in [-0.2, -0.15) is 4.98 Å². The number of halogens is 3. The summed E-state index contributed by atoms with van der Waals surface area (Å²) < 4.78 is 51.5. The van der Waals surface area contributed by atoms with Crippen LogP contribution in [-0.4, -0.2) is 56.2 Å². The number of ether oxygens (including phenoxy) is 3. The molecule has 1 fully saturated rings. The number of hydrogen-bond acceptors (Lipinski definition) is 7. The minimum Gasteiger partial charge on any atom is -0.481 e. The normalized spacial score (nSPS) is 14.8. The summed E-state index contributed by atoms with van der Waals surface area (Å²) in [6.07, 6.45) is -2.32. The molecule has 1 saturated heterocycles. The number of carbonyl (C=O) groups excluding carboxylic acids is 1. The van der Waals surface area contributed by atoms with E-state index in [1.54, 1.807) is 0 Å². The molecule has 32 heavy (non-hydrogen) atoms. The van der Waals surface area contributed by atoms with Crippen molar-refractivity contribution in [2.75, 3.05) is 38.8 Å². The second-order valence-corrected chi connectivity index (χ2v) is 7.21. The number of alkyl halides is 3. The Hall–Kier alpha value is -3.08. The first-order chi connectivity index (χ1) is 15.3. The topological polar surface area (TPSA) is 85.8 Å². The van der Waals surface area contributed by atoms with Crippen molar-refractivity contribution in [1.82, 2.24) is 15.3 Å². The van der Waals surface area contributed by atoms with Crippen LogP contribution in [0.5, 0.6) is 11.6 Å². The van der Waals surface area contributed by atoms with E-state index in [4.69, 9.17) is 9.47 Å². The van der Waals surface area contributed by atoms with Gasteiger partial charge in [0.1, 0.15) is 11.4 Å². The van der Waals surface area contributed by atoms with Crippen LogP contribution in [0, 0.1) is 0 Å². The summed E-state index contributed by atoms with van der Waals surface area (Å²) in [6, 6.07) is 6.28. The van der Waals surface area contributed by atoms with Crippen LogP contribution in [0.4, 0.5) is 19.1 Å². The number of amides is 1. The van der Waals surface area contributed by atoms with Gasteiger partial charge in [-0.15, -0.1) is 13.2 Å². The van der Waals surface area contributed by atoms with Crippen LogP contribution in [0.25, 0.3) is 0 Å². The van der Waals surface area contributed by atoms with Crippen LogP contribution < -0.4 is 19.7 Å². The number of methoxy groups -OCH3 is 2. The van der Waals surface area contributed by atoms with E-state index in [1.165, 1.54) is 44.6 Å². The second-order valence-electron chi connectivity index (χ2n) is 7.21. The number of benzene rings is 1. The lowest BCUT2D eigenvalue weighted by Crippen LogP contribution is -2.31. The van der Waals surface area contributed by atoms with Gasteiger partial charge in [0, 0.05) is 32.9 Å². The van der Waals surface area contributed by atoms with Crippen molar-refractivity contribution in [3.8, 4) is 11.6 Å². The van der Waals surface area contributed by atoms with Gasteiger partial charge < -0.3 is 24.4 Å². The van der Waals surface area contributed by atoms with E-state index >= 15 is 0 Å². The monoisotopic (exact) mass is 454 g/mol. The number of anilines is 1. The molecule has 1 aliphatic rings. The molecule has 1 aromatic heterocycles. The first kappa shape index (κ1) is 23.6. The number of carbonyl (C=O) groups is 1. The Morgan fingerprint density at radius 1 is 1.16 bits per heavy atom. The lowest BCUT2D eigenvalue weighted by molar-refractivity contribution is -0.274. The summed E-state index contributed by atoms with van der Waals surface area (Å²) in [5, 5.41) is 2.87. The average molecular weight is 454 g/mol. The van der Waals surface area contributed by atoms with Crippen molar-refractivity contribution in [2.45, 2.75) is 31.7 Å². The maximum absolute atomic E-state index is 13.0. The largest absolute Gasteiger partial charge is 0.573 e. The summed E-state index contributed by atoms with van der Waals surface area (Å²) in [4.78, 5) is 23.7. The Balaban J connectivity index is 1.79. The summed E-state index contributed by atoms with van der Waals surface area (Å²) in [5.41, 5.74) is 0.740. The molecule has 1 N–H and O–H groups in total. The Morgan fingerprint density at radius 3 is 2.44 bits per heavy atom. The predicted molar refractivity (Wildman–Crippen MR) is 110 cm³/mol. The average Bonchev–Trinajstić information content (AvgIpc) is 3.30. The zero-order valence-corrected chi connectivity index (χ0v) is 17.8. The standard InChI is InChI=1S/C21H25F3N4O4/c1-30-12-9-16(14-5-7-15(8-6-14)32-21(22,23)24)25-19(29)17-13-18(31-2)27-20(26-17)28-10-3-4-11-28/h5-8,13,16H,3-4,9-12H2,1-2H3,(H,25,29). The Morgan fingerprint density at radius 2 is 1.84 bits per heavy atom. The molecule has 1 aromatic carbocycles. The van der Waals surface area contributed by atoms with Gasteiger partial charge in [0.2, 0.25) is 11.8 Å². The number of hydrogen-bond donors (Lipinski definition) is 1. The Bertz CT molecular complexity index is 903. The number of rotatable bonds is 9. The van der Waals surface area contributed by atoms with Crippen molar-refractivity contribution >= 4 is 11.9 Å². The molecule has 0 spiro atoms. The van der Waals surface area contributed by atoms with Crippen molar-refractivity contribution in [3.05, 3.63) is 41.6 Å². The number of nitrogens with one attached hydrogen (secondary N) is 1. The third kappa shape index (κ3) is 6.46. The van der Waals surface area contributed by atoms with E-state index in [0.29, 0.717) is 24.5 Å². The van der Waals surface area contributed by atoms with E-state index in [9.17, 15) is 18.0 Å². The van der Waals surface area contributed by atoms with Gasteiger partial charge >= 0.3 is 6.36 Å². The Kier molecular flexibility index (Phi) is 7.73. The van der Waals surface area contributed by atoms with Gasteiger partial charge in [0.25, 0.3) is 5.91 Å². The highest BCUT2D eigenvalue weighted by molar-refractivity contribution is 5.93. The van der Waals surface area contributed by atoms with Crippen LogP contribution in [0.15, 0.2) is 30.3 Å². The van der Waals surface area contributed by atoms with Crippen molar-refractivity contribution in [1.29, 1.82) is 0 Å². The predicted octanol–water partition coefficient (Wildman–Crippen LogP) is 3.49. The van der Waals surface area contributed by atoms with E-state index in [1.807, 2.05) is 4.90 Å². The highest BCUT2D eigenvalue weighted by atomic mass is 19.4. The maximum Gasteiger partial charge on any atom is 0.573 e. The van der Waals surface area contributed by atoms with E-state index in [2.05, 4.69) is 20.0 Å². The third-order valence-electron chi connectivity index (χ3n) is 4.95. The highest BCUT2D eigenvalue weighted by Gasteiger charge is 2.31. The molecule has 8 nitrogen and oxygen atoms in total. The summed E-state index contributed by atoms with van der Waals surface area (Å²) in [7, 11) is 2.99. The molecule has 1 atom stereocenters. The lowest BCUT2D eigenvalue weighted by Gasteiger charge is -2.20. The minimum absolute atomic E-state index is 0.137. The molecule has 0 bridgehead atoms. The molecule has 1 amide bonds. The van der Waals surface area contributed by atoms with E-state index < -0.39 is 18.3 Å². The van der Waals surface area contributed by atoms with Gasteiger partial charge in [-0.1, -0.05) is 12.1 Å². The molecule has 1 unspecified atom stereocenters. The van der Waals surface area contributed by atoms with Crippen molar-refractivity contribution in [2.24, 2.45) is 0 Å². The zero-order valence-electron chi connectivity index (χ0n) is 17.8. The molecule has 0 radical (unpaired) electrons. The highest BCUT2D eigenvalue weighted by Crippen LogP contribution is 2.26. The maximum atomic E-state index is 13.0. The molecule has 174 valence electrons. The first-order valence-corrected chi connectivity index (χ1v) is 10.1. The summed E-state index contributed by atoms with van der Waals surface area (Å²) >= 11 is 0.